The third kappa shape index (κ3) is 3.16. The molecule has 0 bridgehead atoms. The molecule has 2 aromatic rings. The summed E-state index contributed by atoms with van der Waals surface area (Å²) in [5, 5.41) is 14.1. The van der Waals surface area contributed by atoms with E-state index < -0.39 is 0 Å². The van der Waals surface area contributed by atoms with Crippen LogP contribution >= 0.6 is 0 Å². The van der Waals surface area contributed by atoms with Crippen LogP contribution in [-0.2, 0) is 0 Å². The Morgan fingerprint density at radius 2 is 2.33 bits per heavy atom. The van der Waals surface area contributed by atoms with E-state index in [1.165, 1.54) is 0 Å². The molecule has 3 rings (SSSR count). The molecule has 0 saturated carbocycles. The predicted octanol–water partition coefficient (Wildman–Crippen LogP) is 3.40. The average molecular weight is 331 g/mol. The number of likely N-dealkylation sites (tertiary alicyclic amines) is 1. The number of carbonyl (C=O) groups excluding carboxylic acids is 1. The third-order valence-corrected chi connectivity index (χ3v) is 4.81. The standard InChI is InChI=1S/C17H25N5O2/c1-4-14(16-11(2)21-24-12(16)3)20-17(23)22-8-6-5-7-15(22)13-9-18-19-10-13/h9-10,14-15H,4-8H2,1-3H3,(H,18,19)(H,20,23)/t14-,15-/m0/s1. The minimum atomic E-state index is -0.0873. The number of nitrogens with zero attached hydrogens (tertiary/aromatic N) is 3. The van der Waals surface area contributed by atoms with Crippen molar-refractivity contribution in [3.8, 4) is 0 Å². The Hall–Kier alpha value is -2.31. The predicted molar refractivity (Wildman–Crippen MR) is 89.4 cm³/mol. The molecule has 2 N–H and O–H groups in total. The Morgan fingerprint density at radius 1 is 1.50 bits per heavy atom. The lowest BCUT2D eigenvalue weighted by Crippen LogP contribution is -2.45. The Bertz CT molecular complexity index is 660. The molecule has 2 atom stereocenters. The molecule has 1 fully saturated rings. The summed E-state index contributed by atoms with van der Waals surface area (Å²) in [6.07, 6.45) is 7.60. The lowest BCUT2D eigenvalue weighted by molar-refractivity contribution is 0.148. The smallest absolute Gasteiger partial charge is 0.318 e. The number of aryl methyl sites for hydroxylation is 2. The molecule has 2 aromatic heterocycles. The molecule has 0 aromatic carbocycles. The molecule has 3 heterocycles. The van der Waals surface area contributed by atoms with Crippen molar-refractivity contribution in [2.75, 3.05) is 6.54 Å². The Kier molecular flexibility index (Phi) is 4.87. The number of aromatic nitrogens is 3. The Labute approximate surface area is 141 Å². The first kappa shape index (κ1) is 16.5. The van der Waals surface area contributed by atoms with Crippen LogP contribution in [0.2, 0.25) is 0 Å². The van der Waals surface area contributed by atoms with E-state index >= 15 is 0 Å². The summed E-state index contributed by atoms with van der Waals surface area (Å²) in [4.78, 5) is 14.8. The van der Waals surface area contributed by atoms with Gasteiger partial charge < -0.3 is 14.7 Å². The van der Waals surface area contributed by atoms with Gasteiger partial charge in [-0.05, 0) is 39.5 Å². The van der Waals surface area contributed by atoms with Gasteiger partial charge in [0.05, 0.1) is 24.0 Å². The molecule has 2 amide bonds. The van der Waals surface area contributed by atoms with Crippen LogP contribution < -0.4 is 5.32 Å². The van der Waals surface area contributed by atoms with Gasteiger partial charge >= 0.3 is 6.03 Å². The molecule has 0 radical (unpaired) electrons. The Morgan fingerprint density at radius 3 is 2.96 bits per heavy atom. The third-order valence-electron chi connectivity index (χ3n) is 4.81. The maximum atomic E-state index is 12.9. The first-order chi connectivity index (χ1) is 11.6. The van der Waals surface area contributed by atoms with Crippen molar-refractivity contribution < 1.29 is 9.32 Å². The maximum Gasteiger partial charge on any atom is 0.318 e. The van der Waals surface area contributed by atoms with Gasteiger partial charge in [0.15, 0.2) is 0 Å². The molecule has 1 saturated heterocycles. The fourth-order valence-corrected chi connectivity index (χ4v) is 3.56. The number of amides is 2. The highest BCUT2D eigenvalue weighted by atomic mass is 16.5. The van der Waals surface area contributed by atoms with Gasteiger partial charge in [-0.25, -0.2) is 4.79 Å². The minimum Gasteiger partial charge on any atom is -0.361 e. The number of hydrogen-bond acceptors (Lipinski definition) is 4. The van der Waals surface area contributed by atoms with Gasteiger partial charge in [-0.15, -0.1) is 0 Å². The van der Waals surface area contributed by atoms with Crippen molar-refractivity contribution in [1.82, 2.24) is 25.6 Å². The zero-order valence-corrected chi connectivity index (χ0v) is 14.5. The summed E-state index contributed by atoms with van der Waals surface area (Å²) in [7, 11) is 0. The van der Waals surface area contributed by atoms with E-state index in [0.29, 0.717) is 0 Å². The number of hydrogen-bond donors (Lipinski definition) is 2. The zero-order valence-electron chi connectivity index (χ0n) is 14.5. The molecule has 7 heteroatoms. The van der Waals surface area contributed by atoms with Gasteiger partial charge in [0.2, 0.25) is 0 Å². The lowest BCUT2D eigenvalue weighted by Gasteiger charge is -2.36. The summed E-state index contributed by atoms with van der Waals surface area (Å²) in [5.74, 6) is 0.768. The second-order valence-corrected chi connectivity index (χ2v) is 6.38. The minimum absolute atomic E-state index is 0.0345. The summed E-state index contributed by atoms with van der Waals surface area (Å²) in [5.41, 5.74) is 2.89. The zero-order chi connectivity index (χ0) is 17.1. The molecule has 0 unspecified atom stereocenters. The molecule has 0 spiro atoms. The summed E-state index contributed by atoms with van der Waals surface area (Å²) < 4.78 is 5.26. The first-order valence-corrected chi connectivity index (χ1v) is 8.60. The van der Waals surface area contributed by atoms with Crippen LogP contribution in [0.1, 0.15) is 67.3 Å². The topological polar surface area (TPSA) is 87.0 Å². The normalized spacial score (nSPS) is 19.3. The van der Waals surface area contributed by atoms with Crippen molar-refractivity contribution in [3.63, 3.8) is 0 Å². The molecule has 7 nitrogen and oxygen atoms in total. The van der Waals surface area contributed by atoms with Crippen LogP contribution in [0.3, 0.4) is 0 Å². The first-order valence-electron chi connectivity index (χ1n) is 8.60. The lowest BCUT2D eigenvalue weighted by atomic mass is 9.97. The number of rotatable bonds is 4. The maximum absolute atomic E-state index is 12.9. The van der Waals surface area contributed by atoms with E-state index in [1.54, 1.807) is 0 Å². The van der Waals surface area contributed by atoms with Crippen LogP contribution in [-0.4, -0.2) is 32.8 Å². The van der Waals surface area contributed by atoms with Crippen LogP contribution in [0, 0.1) is 13.8 Å². The molecule has 1 aliphatic rings. The number of carbonyl (C=O) groups is 1. The molecule has 1 aliphatic heterocycles. The van der Waals surface area contributed by atoms with Gasteiger partial charge in [0, 0.05) is 23.9 Å². The van der Waals surface area contributed by atoms with Crippen molar-refractivity contribution in [1.29, 1.82) is 0 Å². The second kappa shape index (κ2) is 7.07. The SMILES string of the molecule is CC[C@H](NC(=O)N1CCCC[C@H]1c1cn[nH]c1)c1c(C)noc1C. The van der Waals surface area contributed by atoms with Crippen molar-refractivity contribution in [2.45, 2.75) is 58.5 Å². The highest BCUT2D eigenvalue weighted by Crippen LogP contribution is 2.31. The van der Waals surface area contributed by atoms with Gasteiger partial charge in [0.1, 0.15) is 5.76 Å². The fourth-order valence-electron chi connectivity index (χ4n) is 3.56. The van der Waals surface area contributed by atoms with Gasteiger partial charge in [-0.2, -0.15) is 5.10 Å². The number of urea groups is 1. The summed E-state index contributed by atoms with van der Waals surface area (Å²) in [6, 6.07) is -0.0388. The van der Waals surface area contributed by atoms with Crippen LogP contribution in [0.4, 0.5) is 4.79 Å². The van der Waals surface area contributed by atoms with Crippen LogP contribution in [0.25, 0.3) is 0 Å². The number of H-pyrrole nitrogens is 1. The van der Waals surface area contributed by atoms with Crippen molar-refractivity contribution in [3.05, 3.63) is 35.0 Å². The van der Waals surface area contributed by atoms with E-state index in [-0.39, 0.29) is 18.1 Å². The van der Waals surface area contributed by atoms with E-state index in [9.17, 15) is 4.79 Å². The molecular formula is C17H25N5O2. The van der Waals surface area contributed by atoms with E-state index in [1.807, 2.05) is 31.1 Å². The summed E-state index contributed by atoms with van der Waals surface area (Å²) in [6.45, 7) is 6.62. The number of piperidine rings is 1. The van der Waals surface area contributed by atoms with Crippen LogP contribution in [0.5, 0.6) is 0 Å². The number of nitrogens with one attached hydrogen (secondary N) is 2. The van der Waals surface area contributed by atoms with Crippen LogP contribution in [0.15, 0.2) is 16.9 Å². The van der Waals surface area contributed by atoms with Gasteiger partial charge in [0.25, 0.3) is 0 Å². The monoisotopic (exact) mass is 331 g/mol. The van der Waals surface area contributed by atoms with E-state index in [4.69, 9.17) is 4.52 Å². The largest absolute Gasteiger partial charge is 0.361 e. The van der Waals surface area contributed by atoms with Crippen molar-refractivity contribution in [2.24, 2.45) is 0 Å². The molecule has 0 aliphatic carbocycles. The fraction of sp³-hybridized carbons (Fsp3) is 0.588. The van der Waals surface area contributed by atoms with E-state index in [0.717, 1.165) is 54.8 Å². The highest BCUT2D eigenvalue weighted by molar-refractivity contribution is 5.75. The molecule has 24 heavy (non-hydrogen) atoms. The van der Waals surface area contributed by atoms with Gasteiger partial charge in [-0.3, -0.25) is 5.10 Å². The van der Waals surface area contributed by atoms with Gasteiger partial charge in [-0.1, -0.05) is 12.1 Å². The second-order valence-electron chi connectivity index (χ2n) is 6.38. The van der Waals surface area contributed by atoms with E-state index in [2.05, 4.69) is 27.6 Å². The Balaban J connectivity index is 1.77. The number of aromatic amines is 1. The molecule has 130 valence electrons. The molecular weight excluding hydrogens is 306 g/mol. The van der Waals surface area contributed by atoms with Crippen molar-refractivity contribution >= 4 is 6.03 Å². The highest BCUT2D eigenvalue weighted by Gasteiger charge is 2.30. The summed E-state index contributed by atoms with van der Waals surface area (Å²) >= 11 is 0. The quantitative estimate of drug-likeness (QED) is 0.899. The average Bonchev–Trinajstić information content (AvgIpc) is 3.23.